The lowest BCUT2D eigenvalue weighted by molar-refractivity contribution is -0.161. The highest BCUT2D eigenvalue weighted by Crippen LogP contribution is 2.28. The van der Waals surface area contributed by atoms with E-state index in [0.717, 1.165) is 25.7 Å². The summed E-state index contributed by atoms with van der Waals surface area (Å²) in [5.41, 5.74) is 5.66. The predicted octanol–water partition coefficient (Wildman–Crippen LogP) is 3.12. The molecule has 0 unspecified atom stereocenters. The Balaban J connectivity index is 1.75. The molecule has 132 valence electrons. The van der Waals surface area contributed by atoms with Gasteiger partial charge in [0.05, 0.1) is 12.0 Å². The Hall–Kier alpha value is -1.26. The number of hydrogen-bond acceptors (Lipinski definition) is 3. The van der Waals surface area contributed by atoms with Crippen molar-refractivity contribution >= 4 is 11.9 Å². The highest BCUT2D eigenvalue weighted by atomic mass is 16.6. The summed E-state index contributed by atoms with van der Waals surface area (Å²) < 4.78 is 5.48. The van der Waals surface area contributed by atoms with Gasteiger partial charge in [0.25, 0.3) is 0 Å². The lowest BCUT2D eigenvalue weighted by atomic mass is 9.86. The van der Waals surface area contributed by atoms with Crippen LogP contribution >= 0.6 is 0 Å². The van der Waals surface area contributed by atoms with Crippen molar-refractivity contribution in [2.24, 2.45) is 16.6 Å². The summed E-state index contributed by atoms with van der Waals surface area (Å²) in [5.74, 6) is 0.541. The maximum atomic E-state index is 12.1. The summed E-state index contributed by atoms with van der Waals surface area (Å²) in [6.07, 6.45) is 9.82. The van der Waals surface area contributed by atoms with Crippen molar-refractivity contribution in [1.29, 1.82) is 0 Å². The Labute approximate surface area is 140 Å². The fourth-order valence-electron chi connectivity index (χ4n) is 3.52. The topological polar surface area (TPSA) is 76.7 Å². The second-order valence-corrected chi connectivity index (χ2v) is 8.03. The van der Waals surface area contributed by atoms with Crippen molar-refractivity contribution in [1.82, 2.24) is 5.32 Å². The number of ether oxygens (including phenoxy) is 1. The number of nitrogens with one attached hydrogen (secondary N) is 1. The van der Waals surface area contributed by atoms with E-state index in [2.05, 4.69) is 10.3 Å². The molecule has 0 amide bonds. The van der Waals surface area contributed by atoms with Crippen LogP contribution in [0.5, 0.6) is 0 Å². The molecule has 0 aliphatic heterocycles. The van der Waals surface area contributed by atoms with Crippen LogP contribution in [0.1, 0.15) is 78.6 Å². The highest BCUT2D eigenvalue weighted by Gasteiger charge is 2.30. The molecule has 0 aromatic rings. The van der Waals surface area contributed by atoms with Crippen molar-refractivity contribution in [3.63, 3.8) is 0 Å². The van der Waals surface area contributed by atoms with Gasteiger partial charge in [-0.05, 0) is 59.3 Å². The zero-order chi connectivity index (χ0) is 16.9. The number of nitrogens with two attached hydrogens (primary N) is 1. The van der Waals surface area contributed by atoms with Crippen molar-refractivity contribution in [3.05, 3.63) is 0 Å². The van der Waals surface area contributed by atoms with Crippen LogP contribution in [0.4, 0.5) is 0 Å². The number of carbonyl (C=O) groups is 1. The molecule has 2 rings (SSSR count). The van der Waals surface area contributed by atoms with Crippen molar-refractivity contribution in [2.45, 2.75) is 96.2 Å². The molecular formula is C18H33N3O2. The molecular weight excluding hydrogens is 290 g/mol. The second-order valence-electron chi connectivity index (χ2n) is 8.03. The van der Waals surface area contributed by atoms with E-state index in [9.17, 15) is 4.79 Å². The molecule has 5 heteroatoms. The van der Waals surface area contributed by atoms with E-state index >= 15 is 0 Å². The van der Waals surface area contributed by atoms with E-state index in [1.165, 1.54) is 32.1 Å². The van der Waals surface area contributed by atoms with Gasteiger partial charge in [0.1, 0.15) is 5.60 Å². The zero-order valence-corrected chi connectivity index (χ0v) is 14.9. The minimum absolute atomic E-state index is 0.0215. The maximum Gasteiger partial charge on any atom is 0.309 e. The third-order valence-electron chi connectivity index (χ3n) is 4.72. The predicted molar refractivity (Wildman–Crippen MR) is 93.2 cm³/mol. The molecule has 0 bridgehead atoms. The minimum atomic E-state index is -0.402. The van der Waals surface area contributed by atoms with E-state index < -0.39 is 5.60 Å². The number of esters is 1. The molecule has 0 aromatic heterocycles. The average Bonchev–Trinajstić information content (AvgIpc) is 2.47. The molecule has 23 heavy (non-hydrogen) atoms. The first-order valence-corrected chi connectivity index (χ1v) is 9.16. The smallest absolute Gasteiger partial charge is 0.309 e. The SMILES string of the molecule is CC(C)(C)OC(=O)C1CCC(N=C(N)NC2CCCCC2)CC1. The molecule has 2 aliphatic carbocycles. The fourth-order valence-corrected chi connectivity index (χ4v) is 3.52. The van der Waals surface area contributed by atoms with Crippen LogP contribution in [0.15, 0.2) is 4.99 Å². The van der Waals surface area contributed by atoms with Gasteiger partial charge in [0.2, 0.25) is 0 Å². The van der Waals surface area contributed by atoms with Crippen molar-refractivity contribution in [3.8, 4) is 0 Å². The van der Waals surface area contributed by atoms with Gasteiger partial charge in [-0.1, -0.05) is 19.3 Å². The molecule has 0 spiro atoms. The van der Waals surface area contributed by atoms with Crippen molar-refractivity contribution < 1.29 is 9.53 Å². The van der Waals surface area contributed by atoms with E-state index in [1.54, 1.807) is 0 Å². The second kappa shape index (κ2) is 8.02. The highest BCUT2D eigenvalue weighted by molar-refractivity contribution is 5.78. The number of carbonyl (C=O) groups excluding carboxylic acids is 1. The van der Waals surface area contributed by atoms with E-state index in [-0.39, 0.29) is 17.9 Å². The van der Waals surface area contributed by atoms with Crippen molar-refractivity contribution in [2.75, 3.05) is 0 Å². The Bertz CT molecular complexity index is 414. The molecule has 0 heterocycles. The standard InChI is InChI=1S/C18H33N3O2/c1-18(2,3)23-16(22)13-9-11-15(12-10-13)21-17(19)20-14-7-5-4-6-8-14/h13-15H,4-12H2,1-3H3,(H3,19,20,21). The van der Waals surface area contributed by atoms with Gasteiger partial charge in [-0.2, -0.15) is 0 Å². The van der Waals surface area contributed by atoms with Gasteiger partial charge in [0, 0.05) is 6.04 Å². The quantitative estimate of drug-likeness (QED) is 0.475. The summed E-state index contributed by atoms with van der Waals surface area (Å²) in [6.45, 7) is 5.75. The lowest BCUT2D eigenvalue weighted by Crippen LogP contribution is -2.42. The zero-order valence-electron chi connectivity index (χ0n) is 14.9. The van der Waals surface area contributed by atoms with Crippen LogP contribution in [0.3, 0.4) is 0 Å². The fraction of sp³-hybridized carbons (Fsp3) is 0.889. The van der Waals surface area contributed by atoms with Gasteiger partial charge in [-0.25, -0.2) is 0 Å². The summed E-state index contributed by atoms with van der Waals surface area (Å²) in [6, 6.07) is 0.732. The first-order valence-electron chi connectivity index (χ1n) is 9.16. The molecule has 3 N–H and O–H groups in total. The van der Waals surface area contributed by atoms with Gasteiger partial charge >= 0.3 is 5.97 Å². The van der Waals surface area contributed by atoms with Gasteiger partial charge in [-0.15, -0.1) is 0 Å². The monoisotopic (exact) mass is 323 g/mol. The Morgan fingerprint density at radius 3 is 2.22 bits per heavy atom. The summed E-state index contributed by atoms with van der Waals surface area (Å²) in [4.78, 5) is 16.7. The first-order chi connectivity index (χ1) is 10.8. The third-order valence-corrected chi connectivity index (χ3v) is 4.72. The number of aliphatic imine (C=N–C) groups is 1. The molecule has 2 aliphatic rings. The number of nitrogens with zero attached hydrogens (tertiary/aromatic N) is 1. The molecule has 2 fully saturated rings. The van der Waals surface area contributed by atoms with Crippen LogP contribution in [0.25, 0.3) is 0 Å². The van der Waals surface area contributed by atoms with E-state index in [1.807, 2.05) is 20.8 Å². The van der Waals surface area contributed by atoms with Crippen LogP contribution < -0.4 is 11.1 Å². The van der Waals surface area contributed by atoms with Crippen LogP contribution in [-0.4, -0.2) is 29.6 Å². The van der Waals surface area contributed by atoms with E-state index in [0.29, 0.717) is 12.0 Å². The maximum absolute atomic E-state index is 12.1. The number of rotatable bonds is 3. The molecule has 5 nitrogen and oxygen atoms in total. The first kappa shape index (κ1) is 18.1. The largest absolute Gasteiger partial charge is 0.460 e. The lowest BCUT2D eigenvalue weighted by Gasteiger charge is -2.29. The minimum Gasteiger partial charge on any atom is -0.460 e. The molecule has 0 aromatic carbocycles. The molecule has 0 radical (unpaired) electrons. The van der Waals surface area contributed by atoms with Gasteiger partial charge < -0.3 is 15.8 Å². The Morgan fingerprint density at radius 2 is 1.65 bits per heavy atom. The number of hydrogen-bond donors (Lipinski definition) is 2. The van der Waals surface area contributed by atoms with Crippen LogP contribution in [0, 0.1) is 5.92 Å². The average molecular weight is 323 g/mol. The number of guanidine groups is 1. The Kier molecular flexibility index (Phi) is 6.31. The van der Waals surface area contributed by atoms with Gasteiger partial charge in [0.15, 0.2) is 5.96 Å². The molecule has 2 saturated carbocycles. The summed E-state index contributed by atoms with van der Waals surface area (Å²) in [7, 11) is 0. The van der Waals surface area contributed by atoms with Crippen LogP contribution in [-0.2, 0) is 9.53 Å². The Morgan fingerprint density at radius 1 is 1.04 bits per heavy atom. The summed E-state index contributed by atoms with van der Waals surface area (Å²) in [5, 5.41) is 3.37. The molecule has 0 saturated heterocycles. The van der Waals surface area contributed by atoms with E-state index in [4.69, 9.17) is 10.5 Å². The third kappa shape index (κ3) is 6.40. The van der Waals surface area contributed by atoms with Gasteiger partial charge in [-0.3, -0.25) is 9.79 Å². The van der Waals surface area contributed by atoms with Crippen LogP contribution in [0.2, 0.25) is 0 Å². The summed E-state index contributed by atoms with van der Waals surface area (Å²) >= 11 is 0. The normalized spacial score (nSPS) is 27.5. The molecule has 0 atom stereocenters.